The lowest BCUT2D eigenvalue weighted by Gasteiger charge is -2.02. The minimum Gasteiger partial charge on any atom is -0.457 e. The number of ketones is 1. The van der Waals surface area contributed by atoms with Gasteiger partial charge in [0.15, 0.2) is 0 Å². The third-order valence-electron chi connectivity index (χ3n) is 3.51. The van der Waals surface area contributed by atoms with Gasteiger partial charge in [-0.3, -0.25) is 4.79 Å². The maximum Gasteiger partial charge on any atom is 0.203 e. The normalized spacial score (nSPS) is 11.2. The van der Waals surface area contributed by atoms with Crippen LogP contribution in [0.4, 0.5) is 0 Å². The molecule has 0 saturated heterocycles. The highest BCUT2D eigenvalue weighted by Gasteiger charge is 2.14. The summed E-state index contributed by atoms with van der Waals surface area (Å²) in [4.78, 5) is 12.4. The SMILES string of the molecule is N#C/C(=C/c1ccc(-c2cc(Br)ccc2Br)o1)C(=O)c1ccccc1. The molecule has 3 rings (SSSR count). The molecule has 0 fully saturated rings. The monoisotopic (exact) mass is 455 g/mol. The highest BCUT2D eigenvalue weighted by atomic mass is 79.9. The van der Waals surface area contributed by atoms with Crippen molar-refractivity contribution >= 4 is 43.7 Å². The van der Waals surface area contributed by atoms with E-state index in [2.05, 4.69) is 31.9 Å². The highest BCUT2D eigenvalue weighted by Crippen LogP contribution is 2.32. The molecule has 0 aliphatic carbocycles. The Morgan fingerprint density at radius 3 is 2.52 bits per heavy atom. The number of hydrogen-bond acceptors (Lipinski definition) is 3. The molecule has 1 heterocycles. The van der Waals surface area contributed by atoms with E-state index in [1.807, 2.05) is 30.3 Å². The lowest BCUT2D eigenvalue weighted by atomic mass is 10.0. The second kappa shape index (κ2) is 7.64. The van der Waals surface area contributed by atoms with E-state index < -0.39 is 0 Å². The minimum atomic E-state index is -0.329. The molecule has 0 amide bonds. The number of Topliss-reactive ketones (excluding diaryl/α,β-unsaturated/α-hetero) is 1. The van der Waals surface area contributed by atoms with Crippen molar-refractivity contribution in [2.75, 3.05) is 0 Å². The van der Waals surface area contributed by atoms with Gasteiger partial charge in [0.25, 0.3) is 0 Å². The van der Waals surface area contributed by atoms with Crippen LogP contribution in [0.5, 0.6) is 0 Å². The van der Waals surface area contributed by atoms with Gasteiger partial charge >= 0.3 is 0 Å². The summed E-state index contributed by atoms with van der Waals surface area (Å²) in [6.07, 6.45) is 1.46. The fraction of sp³-hybridized carbons (Fsp3) is 0. The van der Waals surface area contributed by atoms with Gasteiger partial charge in [-0.2, -0.15) is 5.26 Å². The molecular weight excluding hydrogens is 446 g/mol. The first-order chi connectivity index (χ1) is 12.1. The molecule has 0 bridgehead atoms. The molecule has 0 radical (unpaired) electrons. The Bertz CT molecular complexity index is 998. The average Bonchev–Trinajstić information content (AvgIpc) is 3.10. The molecule has 0 aliphatic rings. The molecule has 5 heteroatoms. The Morgan fingerprint density at radius 1 is 1.04 bits per heavy atom. The zero-order valence-electron chi connectivity index (χ0n) is 12.9. The molecule has 25 heavy (non-hydrogen) atoms. The first-order valence-corrected chi connectivity index (χ1v) is 8.94. The fourth-order valence-corrected chi connectivity index (χ4v) is 3.10. The molecule has 0 aliphatic heterocycles. The molecule has 0 unspecified atom stereocenters. The molecule has 0 N–H and O–H groups in total. The summed E-state index contributed by atoms with van der Waals surface area (Å²) in [5.41, 5.74) is 1.37. The third kappa shape index (κ3) is 3.98. The largest absolute Gasteiger partial charge is 0.457 e. The molecule has 3 nitrogen and oxygen atoms in total. The maximum absolute atomic E-state index is 12.4. The van der Waals surface area contributed by atoms with Crippen molar-refractivity contribution in [2.45, 2.75) is 0 Å². The van der Waals surface area contributed by atoms with Crippen LogP contribution in [0.3, 0.4) is 0 Å². The van der Waals surface area contributed by atoms with Crippen molar-refractivity contribution in [3.8, 4) is 17.4 Å². The summed E-state index contributed by atoms with van der Waals surface area (Å²) in [5, 5.41) is 9.33. The average molecular weight is 457 g/mol. The molecule has 1 aromatic heterocycles. The fourth-order valence-electron chi connectivity index (χ4n) is 2.30. The number of hydrogen-bond donors (Lipinski definition) is 0. The minimum absolute atomic E-state index is 0.0282. The van der Waals surface area contributed by atoms with Crippen molar-refractivity contribution in [3.63, 3.8) is 0 Å². The summed E-state index contributed by atoms with van der Waals surface area (Å²) in [7, 11) is 0. The molecular formula is C20H11Br2NO2. The number of nitriles is 1. The predicted molar refractivity (Wildman–Crippen MR) is 104 cm³/mol. The number of benzene rings is 2. The van der Waals surface area contributed by atoms with Crippen LogP contribution in [0.1, 0.15) is 16.1 Å². The molecule has 122 valence electrons. The van der Waals surface area contributed by atoms with E-state index in [4.69, 9.17) is 4.42 Å². The number of halogens is 2. The van der Waals surface area contributed by atoms with E-state index in [1.165, 1.54) is 6.08 Å². The summed E-state index contributed by atoms with van der Waals surface area (Å²) < 4.78 is 7.61. The number of carbonyl (C=O) groups is 1. The van der Waals surface area contributed by atoms with Crippen LogP contribution in [-0.2, 0) is 0 Å². The van der Waals surface area contributed by atoms with Gasteiger partial charge in [0.2, 0.25) is 5.78 Å². The standard InChI is InChI=1S/C20H11Br2NO2/c21-15-6-8-18(22)17(11-15)19-9-7-16(25-19)10-14(12-23)20(24)13-4-2-1-3-5-13/h1-11H/b14-10-. The number of carbonyl (C=O) groups excluding carboxylic acids is 1. The summed E-state index contributed by atoms with van der Waals surface area (Å²) in [6.45, 7) is 0. The summed E-state index contributed by atoms with van der Waals surface area (Å²) >= 11 is 6.93. The Balaban J connectivity index is 1.94. The molecule has 0 spiro atoms. The topological polar surface area (TPSA) is 54.0 Å². The Hall–Kier alpha value is -2.42. The van der Waals surface area contributed by atoms with Crippen LogP contribution < -0.4 is 0 Å². The van der Waals surface area contributed by atoms with Crippen molar-refractivity contribution in [2.24, 2.45) is 0 Å². The number of furan rings is 1. The Kier molecular flexibility index (Phi) is 5.32. The van der Waals surface area contributed by atoms with Crippen LogP contribution in [0.2, 0.25) is 0 Å². The Labute approximate surface area is 161 Å². The molecule has 0 atom stereocenters. The van der Waals surface area contributed by atoms with Crippen molar-refractivity contribution in [1.29, 1.82) is 5.26 Å². The van der Waals surface area contributed by atoms with Gasteiger partial charge in [-0.05, 0) is 30.3 Å². The van der Waals surface area contributed by atoms with Gasteiger partial charge in [0.05, 0.1) is 0 Å². The predicted octanol–water partition coefficient (Wildman–Crippen LogP) is 6.26. The number of rotatable bonds is 4. The molecule has 0 saturated carbocycles. The van der Waals surface area contributed by atoms with Crippen LogP contribution in [0.15, 0.2) is 79.6 Å². The first-order valence-electron chi connectivity index (χ1n) is 7.35. The molecule has 3 aromatic rings. The van der Waals surface area contributed by atoms with Gasteiger partial charge < -0.3 is 4.42 Å². The van der Waals surface area contributed by atoms with Gasteiger partial charge in [-0.1, -0.05) is 62.2 Å². The van der Waals surface area contributed by atoms with Crippen molar-refractivity contribution in [3.05, 3.63) is 86.5 Å². The second-order valence-electron chi connectivity index (χ2n) is 5.19. The van der Waals surface area contributed by atoms with Gasteiger partial charge in [0, 0.05) is 26.1 Å². The van der Waals surface area contributed by atoms with E-state index in [0.29, 0.717) is 17.1 Å². The van der Waals surface area contributed by atoms with Crippen molar-refractivity contribution < 1.29 is 9.21 Å². The van der Waals surface area contributed by atoms with Crippen LogP contribution in [-0.4, -0.2) is 5.78 Å². The third-order valence-corrected chi connectivity index (χ3v) is 4.69. The van der Waals surface area contributed by atoms with Crippen LogP contribution in [0.25, 0.3) is 17.4 Å². The van der Waals surface area contributed by atoms with Crippen LogP contribution in [0, 0.1) is 11.3 Å². The summed E-state index contributed by atoms with van der Waals surface area (Å²) in [5.74, 6) is 0.760. The quantitative estimate of drug-likeness (QED) is 0.264. The van der Waals surface area contributed by atoms with E-state index in [1.54, 1.807) is 36.4 Å². The number of nitrogens with zero attached hydrogens (tertiary/aromatic N) is 1. The van der Waals surface area contributed by atoms with Crippen LogP contribution >= 0.6 is 31.9 Å². The van der Waals surface area contributed by atoms with Gasteiger partial charge in [-0.15, -0.1) is 0 Å². The first kappa shape index (κ1) is 17.4. The van der Waals surface area contributed by atoms with E-state index in [0.717, 1.165) is 14.5 Å². The van der Waals surface area contributed by atoms with Gasteiger partial charge in [-0.25, -0.2) is 0 Å². The van der Waals surface area contributed by atoms with Crippen molar-refractivity contribution in [1.82, 2.24) is 0 Å². The highest BCUT2D eigenvalue weighted by molar-refractivity contribution is 9.11. The maximum atomic E-state index is 12.4. The number of allylic oxidation sites excluding steroid dienone is 1. The zero-order valence-corrected chi connectivity index (χ0v) is 16.0. The second-order valence-corrected chi connectivity index (χ2v) is 6.96. The van der Waals surface area contributed by atoms with Gasteiger partial charge in [0.1, 0.15) is 23.2 Å². The smallest absolute Gasteiger partial charge is 0.203 e. The van der Waals surface area contributed by atoms with E-state index in [9.17, 15) is 10.1 Å². The van der Waals surface area contributed by atoms with E-state index in [-0.39, 0.29) is 11.4 Å². The van der Waals surface area contributed by atoms with E-state index >= 15 is 0 Å². The lowest BCUT2D eigenvalue weighted by molar-refractivity contribution is 0.104. The Morgan fingerprint density at radius 2 is 1.80 bits per heavy atom. The zero-order chi connectivity index (χ0) is 17.8. The summed E-state index contributed by atoms with van der Waals surface area (Å²) in [6, 6.07) is 20.0. The lowest BCUT2D eigenvalue weighted by Crippen LogP contribution is -2.01. The molecule has 2 aromatic carbocycles.